The molecule has 28 heavy (non-hydrogen) atoms. The third kappa shape index (κ3) is 5.46. The van der Waals surface area contributed by atoms with Crippen LogP contribution < -0.4 is 10.6 Å². The van der Waals surface area contributed by atoms with Crippen LogP contribution in [0, 0.1) is 18.6 Å². The van der Waals surface area contributed by atoms with Crippen molar-refractivity contribution >= 4 is 34.6 Å². The van der Waals surface area contributed by atoms with E-state index in [4.69, 9.17) is 12.2 Å². The maximum Gasteiger partial charge on any atom is 0.238 e. The van der Waals surface area contributed by atoms with E-state index in [1.165, 1.54) is 30.3 Å². The van der Waals surface area contributed by atoms with E-state index < -0.39 is 0 Å². The second-order valence-corrected chi connectivity index (χ2v) is 7.10. The SMILES string of the molecule is Cc1ccc(NC(=S)N2CCN(CC(=O)Nc3ccc(F)cc3)CC2)cc1F. The van der Waals surface area contributed by atoms with Crippen molar-refractivity contribution in [3.8, 4) is 0 Å². The van der Waals surface area contributed by atoms with Crippen LogP contribution in [0.2, 0.25) is 0 Å². The van der Waals surface area contributed by atoms with Gasteiger partial charge in [0.25, 0.3) is 0 Å². The van der Waals surface area contributed by atoms with Gasteiger partial charge >= 0.3 is 0 Å². The zero-order valence-corrected chi connectivity index (χ0v) is 16.4. The van der Waals surface area contributed by atoms with Crippen molar-refractivity contribution in [1.82, 2.24) is 9.80 Å². The van der Waals surface area contributed by atoms with Gasteiger partial charge in [0.2, 0.25) is 5.91 Å². The van der Waals surface area contributed by atoms with Gasteiger partial charge in [-0.05, 0) is 61.1 Å². The number of anilines is 2. The van der Waals surface area contributed by atoms with Crippen molar-refractivity contribution in [1.29, 1.82) is 0 Å². The Hall–Kier alpha value is -2.58. The van der Waals surface area contributed by atoms with E-state index in [1.807, 2.05) is 9.80 Å². The van der Waals surface area contributed by atoms with Crippen LogP contribution in [0.3, 0.4) is 0 Å². The van der Waals surface area contributed by atoms with E-state index in [0.29, 0.717) is 48.2 Å². The van der Waals surface area contributed by atoms with Gasteiger partial charge in [-0.3, -0.25) is 9.69 Å². The molecule has 2 aromatic carbocycles. The van der Waals surface area contributed by atoms with Crippen molar-refractivity contribution in [2.75, 3.05) is 43.4 Å². The van der Waals surface area contributed by atoms with E-state index in [9.17, 15) is 13.6 Å². The van der Waals surface area contributed by atoms with E-state index in [0.717, 1.165) is 0 Å². The fourth-order valence-corrected chi connectivity index (χ4v) is 3.22. The highest BCUT2D eigenvalue weighted by Gasteiger charge is 2.21. The van der Waals surface area contributed by atoms with Gasteiger partial charge in [0, 0.05) is 37.6 Å². The number of nitrogens with one attached hydrogen (secondary N) is 2. The molecule has 0 unspecified atom stereocenters. The summed E-state index contributed by atoms with van der Waals surface area (Å²) in [6.45, 7) is 4.67. The van der Waals surface area contributed by atoms with Gasteiger partial charge in [-0.25, -0.2) is 8.78 Å². The van der Waals surface area contributed by atoms with Gasteiger partial charge in [-0.15, -0.1) is 0 Å². The summed E-state index contributed by atoms with van der Waals surface area (Å²) in [5.41, 5.74) is 1.78. The van der Waals surface area contributed by atoms with Crippen LogP contribution in [0.25, 0.3) is 0 Å². The largest absolute Gasteiger partial charge is 0.346 e. The highest BCUT2D eigenvalue weighted by atomic mass is 32.1. The maximum atomic E-state index is 13.7. The summed E-state index contributed by atoms with van der Waals surface area (Å²) in [6.07, 6.45) is 0. The summed E-state index contributed by atoms with van der Waals surface area (Å²) < 4.78 is 26.6. The number of halogens is 2. The number of carbonyl (C=O) groups is 1. The smallest absolute Gasteiger partial charge is 0.238 e. The molecule has 0 spiro atoms. The number of hydrogen-bond acceptors (Lipinski definition) is 3. The maximum absolute atomic E-state index is 13.7. The second kappa shape index (κ2) is 9.07. The predicted octanol–water partition coefficient (Wildman–Crippen LogP) is 3.23. The molecule has 0 saturated carbocycles. The van der Waals surface area contributed by atoms with Crippen LogP contribution in [0.4, 0.5) is 20.2 Å². The molecular formula is C20H22F2N4OS. The first-order valence-corrected chi connectivity index (χ1v) is 9.41. The number of aryl methyl sites for hydroxylation is 1. The average molecular weight is 404 g/mol. The van der Waals surface area contributed by atoms with Crippen molar-refractivity contribution in [2.24, 2.45) is 0 Å². The van der Waals surface area contributed by atoms with E-state index >= 15 is 0 Å². The molecule has 1 saturated heterocycles. The van der Waals surface area contributed by atoms with Gasteiger partial charge in [0.15, 0.2) is 5.11 Å². The zero-order valence-electron chi connectivity index (χ0n) is 15.5. The lowest BCUT2D eigenvalue weighted by Gasteiger charge is -2.35. The summed E-state index contributed by atoms with van der Waals surface area (Å²) in [5, 5.41) is 6.36. The lowest BCUT2D eigenvalue weighted by molar-refractivity contribution is -0.117. The molecule has 1 heterocycles. The Morgan fingerprint density at radius 2 is 1.64 bits per heavy atom. The normalized spacial score (nSPS) is 14.6. The molecule has 1 fully saturated rings. The monoisotopic (exact) mass is 404 g/mol. The van der Waals surface area contributed by atoms with Gasteiger partial charge in [-0.1, -0.05) is 6.07 Å². The summed E-state index contributed by atoms with van der Waals surface area (Å²) in [6, 6.07) is 10.6. The molecule has 1 aliphatic rings. The van der Waals surface area contributed by atoms with Crippen molar-refractivity contribution in [2.45, 2.75) is 6.92 Å². The first-order chi connectivity index (χ1) is 13.4. The number of amides is 1. The Bertz CT molecular complexity index is 852. The summed E-state index contributed by atoms with van der Waals surface area (Å²) in [4.78, 5) is 16.2. The lowest BCUT2D eigenvalue weighted by Crippen LogP contribution is -2.51. The number of piperazine rings is 1. The highest BCUT2D eigenvalue weighted by Crippen LogP contribution is 2.15. The molecule has 148 valence electrons. The predicted molar refractivity (Wildman–Crippen MR) is 110 cm³/mol. The molecule has 8 heteroatoms. The Morgan fingerprint density at radius 1 is 1.00 bits per heavy atom. The molecule has 5 nitrogen and oxygen atoms in total. The molecular weight excluding hydrogens is 382 g/mol. The van der Waals surface area contributed by atoms with E-state index in [1.54, 1.807) is 19.1 Å². The fraction of sp³-hybridized carbons (Fsp3) is 0.300. The summed E-state index contributed by atoms with van der Waals surface area (Å²) in [7, 11) is 0. The molecule has 0 radical (unpaired) electrons. The van der Waals surface area contributed by atoms with Gasteiger partial charge in [-0.2, -0.15) is 0 Å². The Labute approximate surface area is 168 Å². The minimum Gasteiger partial charge on any atom is -0.346 e. The summed E-state index contributed by atoms with van der Waals surface area (Å²) in [5.74, 6) is -0.757. The second-order valence-electron chi connectivity index (χ2n) is 6.71. The molecule has 2 aromatic rings. The third-order valence-electron chi connectivity index (χ3n) is 4.58. The molecule has 0 bridgehead atoms. The minimum absolute atomic E-state index is 0.143. The van der Waals surface area contributed by atoms with Crippen LogP contribution in [0.1, 0.15) is 5.56 Å². The Balaban J connectivity index is 1.44. The van der Waals surface area contributed by atoms with E-state index in [-0.39, 0.29) is 24.1 Å². The minimum atomic E-state index is -0.341. The summed E-state index contributed by atoms with van der Waals surface area (Å²) >= 11 is 5.42. The topological polar surface area (TPSA) is 47.6 Å². The first-order valence-electron chi connectivity index (χ1n) is 9.00. The van der Waals surface area contributed by atoms with Crippen LogP contribution in [0.15, 0.2) is 42.5 Å². The quantitative estimate of drug-likeness (QED) is 0.767. The van der Waals surface area contributed by atoms with Gasteiger partial charge < -0.3 is 15.5 Å². The first kappa shape index (κ1) is 20.2. The Kier molecular flexibility index (Phi) is 6.53. The molecule has 0 atom stereocenters. The molecule has 1 amide bonds. The van der Waals surface area contributed by atoms with Crippen LogP contribution in [-0.2, 0) is 4.79 Å². The number of hydrogen-bond donors (Lipinski definition) is 2. The van der Waals surface area contributed by atoms with Crippen LogP contribution in [-0.4, -0.2) is 53.5 Å². The van der Waals surface area contributed by atoms with Crippen molar-refractivity contribution in [3.05, 3.63) is 59.7 Å². The van der Waals surface area contributed by atoms with Gasteiger partial charge in [0.1, 0.15) is 11.6 Å². The standard InChI is InChI=1S/C20H22F2N4OS/c1-14-2-5-17(12-18(14)22)24-20(28)26-10-8-25(9-11-26)13-19(27)23-16-6-3-15(21)4-7-16/h2-7,12H,8-11,13H2,1H3,(H,23,27)(H,24,28). The third-order valence-corrected chi connectivity index (χ3v) is 4.94. The molecule has 2 N–H and O–H groups in total. The zero-order chi connectivity index (χ0) is 20.1. The number of benzene rings is 2. The van der Waals surface area contributed by atoms with Crippen LogP contribution in [0.5, 0.6) is 0 Å². The number of carbonyl (C=O) groups excluding carboxylic acids is 1. The molecule has 0 aliphatic carbocycles. The lowest BCUT2D eigenvalue weighted by atomic mass is 10.2. The van der Waals surface area contributed by atoms with Crippen molar-refractivity contribution in [3.63, 3.8) is 0 Å². The van der Waals surface area contributed by atoms with E-state index in [2.05, 4.69) is 10.6 Å². The van der Waals surface area contributed by atoms with Gasteiger partial charge in [0.05, 0.1) is 6.54 Å². The number of nitrogens with zero attached hydrogens (tertiary/aromatic N) is 2. The highest BCUT2D eigenvalue weighted by molar-refractivity contribution is 7.80. The fourth-order valence-electron chi connectivity index (χ4n) is 2.92. The van der Waals surface area contributed by atoms with Crippen molar-refractivity contribution < 1.29 is 13.6 Å². The molecule has 3 rings (SSSR count). The molecule has 1 aliphatic heterocycles. The Morgan fingerprint density at radius 3 is 2.29 bits per heavy atom. The molecule has 0 aromatic heterocycles. The van der Waals surface area contributed by atoms with Crippen LogP contribution >= 0.6 is 12.2 Å². The number of rotatable bonds is 4. The average Bonchev–Trinajstić information content (AvgIpc) is 2.67. The number of thiocarbonyl (C=S) groups is 1.